The first-order chi connectivity index (χ1) is 6.63. The van der Waals surface area contributed by atoms with Crippen LogP contribution in [0.2, 0.25) is 0 Å². The summed E-state index contributed by atoms with van der Waals surface area (Å²) in [6.07, 6.45) is 0.178. The molecule has 14 heavy (non-hydrogen) atoms. The van der Waals surface area contributed by atoms with Crippen LogP contribution in [0.1, 0.15) is 32.4 Å². The number of rotatable bonds is 4. The Hall–Kier alpha value is -0.570. The molecule has 1 heterocycles. The maximum Gasteiger partial charge on any atom is 0.213 e. The zero-order valence-corrected chi connectivity index (χ0v) is 10.4. The normalized spacial score (nSPS) is 12.9. The molecule has 0 saturated heterocycles. The third-order valence-electron chi connectivity index (χ3n) is 1.84. The maximum atomic E-state index is 5.52. The van der Waals surface area contributed by atoms with Gasteiger partial charge in [0, 0.05) is 23.0 Å². The molecule has 1 unspecified atom stereocenters. The summed E-state index contributed by atoms with van der Waals surface area (Å²) in [6.45, 7) is 6.14. The second kappa shape index (κ2) is 5.35. The van der Waals surface area contributed by atoms with Crippen LogP contribution in [0.5, 0.6) is 5.88 Å². The van der Waals surface area contributed by atoms with E-state index in [0.717, 1.165) is 11.0 Å². The molecule has 0 aliphatic carbocycles. The van der Waals surface area contributed by atoms with Gasteiger partial charge in [-0.05, 0) is 19.9 Å². The highest BCUT2D eigenvalue weighted by Gasteiger charge is 2.06. The summed E-state index contributed by atoms with van der Waals surface area (Å²) < 4.78 is 5.52. The first-order valence-corrected chi connectivity index (χ1v) is 5.95. The topological polar surface area (TPSA) is 22.1 Å². The number of alkyl halides is 1. The van der Waals surface area contributed by atoms with Gasteiger partial charge in [-0.3, -0.25) is 0 Å². The molecule has 3 heteroatoms. The quantitative estimate of drug-likeness (QED) is 0.772. The molecule has 0 spiro atoms. The molecule has 0 N–H and O–H groups in total. The number of pyridine rings is 1. The average Bonchev–Trinajstić information content (AvgIpc) is 2.16. The van der Waals surface area contributed by atoms with Gasteiger partial charge in [0.1, 0.15) is 0 Å². The van der Waals surface area contributed by atoms with E-state index in [1.54, 1.807) is 0 Å². The summed E-state index contributed by atoms with van der Waals surface area (Å²) in [6, 6.07) is 5.91. The van der Waals surface area contributed by atoms with Crippen LogP contribution in [0, 0.1) is 0 Å². The minimum atomic E-state index is 0.178. The fourth-order valence-electron chi connectivity index (χ4n) is 1.09. The highest BCUT2D eigenvalue weighted by atomic mass is 79.9. The number of hydrogen-bond donors (Lipinski definition) is 0. The molecule has 1 atom stereocenters. The van der Waals surface area contributed by atoms with Crippen molar-refractivity contribution in [3.8, 4) is 5.88 Å². The van der Waals surface area contributed by atoms with E-state index in [2.05, 4.69) is 27.8 Å². The molecule has 78 valence electrons. The van der Waals surface area contributed by atoms with Crippen molar-refractivity contribution in [2.45, 2.75) is 32.8 Å². The molecule has 1 rings (SSSR count). The largest absolute Gasteiger partial charge is 0.475 e. The minimum absolute atomic E-state index is 0.178. The van der Waals surface area contributed by atoms with Crippen LogP contribution in [-0.4, -0.2) is 16.4 Å². The molecule has 0 aliphatic heterocycles. The monoisotopic (exact) mass is 257 g/mol. The molecular weight excluding hydrogens is 242 g/mol. The van der Waals surface area contributed by atoms with Crippen molar-refractivity contribution in [3.05, 3.63) is 23.9 Å². The van der Waals surface area contributed by atoms with E-state index in [1.807, 2.05) is 32.0 Å². The van der Waals surface area contributed by atoms with E-state index in [0.29, 0.717) is 11.8 Å². The van der Waals surface area contributed by atoms with Crippen LogP contribution in [0.3, 0.4) is 0 Å². The van der Waals surface area contributed by atoms with E-state index in [4.69, 9.17) is 4.74 Å². The maximum absolute atomic E-state index is 5.52. The Morgan fingerprint density at radius 2 is 2.07 bits per heavy atom. The van der Waals surface area contributed by atoms with Crippen molar-refractivity contribution in [3.63, 3.8) is 0 Å². The Kier molecular flexibility index (Phi) is 4.39. The van der Waals surface area contributed by atoms with Crippen LogP contribution < -0.4 is 4.74 Å². The Balaban J connectivity index is 2.78. The van der Waals surface area contributed by atoms with E-state index in [-0.39, 0.29) is 6.10 Å². The van der Waals surface area contributed by atoms with Gasteiger partial charge < -0.3 is 4.74 Å². The first-order valence-electron chi connectivity index (χ1n) is 4.83. The smallest absolute Gasteiger partial charge is 0.213 e. The van der Waals surface area contributed by atoms with E-state index >= 15 is 0 Å². The summed E-state index contributed by atoms with van der Waals surface area (Å²) >= 11 is 3.45. The molecule has 0 aliphatic rings. The Bertz CT molecular complexity index is 288. The molecule has 0 radical (unpaired) electrons. The first kappa shape index (κ1) is 11.5. The van der Waals surface area contributed by atoms with Crippen LogP contribution in [0.4, 0.5) is 0 Å². The molecule has 0 amide bonds. The Morgan fingerprint density at radius 3 is 2.64 bits per heavy atom. The fourth-order valence-corrected chi connectivity index (χ4v) is 1.42. The van der Waals surface area contributed by atoms with Crippen molar-refractivity contribution in [1.29, 1.82) is 0 Å². The van der Waals surface area contributed by atoms with Gasteiger partial charge in [0.2, 0.25) is 5.88 Å². The molecule has 0 saturated carbocycles. The third-order valence-corrected chi connectivity index (χ3v) is 2.81. The lowest BCUT2D eigenvalue weighted by Gasteiger charge is -2.11. The van der Waals surface area contributed by atoms with Gasteiger partial charge in [0.05, 0.1) is 6.10 Å². The molecule has 1 aromatic heterocycles. The number of nitrogens with zero attached hydrogens (tertiary/aromatic N) is 1. The SMILES string of the molecule is CC(C)Oc1cccc(C(C)CBr)n1. The van der Waals surface area contributed by atoms with Crippen molar-refractivity contribution < 1.29 is 4.74 Å². The highest BCUT2D eigenvalue weighted by molar-refractivity contribution is 9.09. The van der Waals surface area contributed by atoms with Crippen LogP contribution >= 0.6 is 15.9 Å². The molecule has 2 nitrogen and oxygen atoms in total. The highest BCUT2D eigenvalue weighted by Crippen LogP contribution is 2.18. The summed E-state index contributed by atoms with van der Waals surface area (Å²) in [4.78, 5) is 4.43. The lowest BCUT2D eigenvalue weighted by atomic mass is 10.1. The van der Waals surface area contributed by atoms with Crippen molar-refractivity contribution in [2.24, 2.45) is 0 Å². The molecular formula is C11H16BrNO. The lowest BCUT2D eigenvalue weighted by Crippen LogP contribution is -2.08. The van der Waals surface area contributed by atoms with Gasteiger partial charge in [-0.15, -0.1) is 0 Å². The molecule has 0 bridgehead atoms. The average molecular weight is 258 g/mol. The number of aromatic nitrogens is 1. The minimum Gasteiger partial charge on any atom is -0.475 e. The predicted octanol–water partition coefficient (Wildman–Crippen LogP) is 3.37. The number of hydrogen-bond acceptors (Lipinski definition) is 2. The Morgan fingerprint density at radius 1 is 1.36 bits per heavy atom. The summed E-state index contributed by atoms with van der Waals surface area (Å²) in [5.74, 6) is 1.14. The van der Waals surface area contributed by atoms with Gasteiger partial charge >= 0.3 is 0 Å². The Labute approximate surface area is 93.8 Å². The lowest BCUT2D eigenvalue weighted by molar-refractivity contribution is 0.232. The predicted molar refractivity (Wildman–Crippen MR) is 62.2 cm³/mol. The summed E-state index contributed by atoms with van der Waals surface area (Å²) in [7, 11) is 0. The van der Waals surface area contributed by atoms with Gasteiger partial charge in [-0.25, -0.2) is 4.98 Å². The third kappa shape index (κ3) is 3.29. The molecule has 0 fully saturated rings. The van der Waals surface area contributed by atoms with Crippen molar-refractivity contribution >= 4 is 15.9 Å². The summed E-state index contributed by atoms with van der Waals surface area (Å²) in [5, 5.41) is 0.922. The zero-order valence-electron chi connectivity index (χ0n) is 8.83. The number of halogens is 1. The van der Waals surface area contributed by atoms with E-state index < -0.39 is 0 Å². The van der Waals surface area contributed by atoms with Crippen molar-refractivity contribution in [1.82, 2.24) is 4.98 Å². The van der Waals surface area contributed by atoms with Crippen molar-refractivity contribution in [2.75, 3.05) is 5.33 Å². The van der Waals surface area contributed by atoms with E-state index in [9.17, 15) is 0 Å². The van der Waals surface area contributed by atoms with Gasteiger partial charge in [0.25, 0.3) is 0 Å². The van der Waals surface area contributed by atoms with Crippen LogP contribution in [-0.2, 0) is 0 Å². The fraction of sp³-hybridized carbons (Fsp3) is 0.545. The van der Waals surface area contributed by atoms with Gasteiger partial charge in [0.15, 0.2) is 0 Å². The summed E-state index contributed by atoms with van der Waals surface area (Å²) in [5.41, 5.74) is 1.07. The van der Waals surface area contributed by atoms with E-state index in [1.165, 1.54) is 0 Å². The second-order valence-corrected chi connectivity index (χ2v) is 4.27. The molecule has 1 aromatic rings. The van der Waals surface area contributed by atoms with Gasteiger partial charge in [-0.2, -0.15) is 0 Å². The molecule has 0 aromatic carbocycles. The number of ether oxygens (including phenoxy) is 1. The van der Waals surface area contributed by atoms with Crippen LogP contribution in [0.25, 0.3) is 0 Å². The van der Waals surface area contributed by atoms with Gasteiger partial charge in [-0.1, -0.05) is 28.9 Å². The zero-order chi connectivity index (χ0) is 10.6. The second-order valence-electron chi connectivity index (χ2n) is 3.62. The standard InChI is InChI=1S/C11H16BrNO/c1-8(2)14-11-6-4-5-10(13-11)9(3)7-12/h4-6,8-9H,7H2,1-3H3. The van der Waals surface area contributed by atoms with Crippen LogP contribution in [0.15, 0.2) is 18.2 Å².